The van der Waals surface area contributed by atoms with Gasteiger partial charge in [-0.15, -0.1) is 0 Å². The van der Waals surface area contributed by atoms with Gasteiger partial charge < -0.3 is 5.32 Å². The predicted octanol–water partition coefficient (Wildman–Crippen LogP) is 1.47. The maximum Gasteiger partial charge on any atom is 0.0126 e. The van der Waals surface area contributed by atoms with Crippen molar-refractivity contribution in [3.63, 3.8) is 0 Å². The number of hydrogen-bond acceptors (Lipinski definition) is 2. The first kappa shape index (κ1) is 9.17. The van der Waals surface area contributed by atoms with Crippen LogP contribution >= 0.6 is 0 Å². The van der Waals surface area contributed by atoms with Gasteiger partial charge in [0, 0.05) is 12.1 Å². The van der Waals surface area contributed by atoms with Crippen LogP contribution in [-0.4, -0.2) is 37.1 Å². The summed E-state index contributed by atoms with van der Waals surface area (Å²) >= 11 is 0. The first-order valence-corrected chi connectivity index (χ1v) is 6.30. The lowest BCUT2D eigenvalue weighted by molar-refractivity contribution is 0.134. The van der Waals surface area contributed by atoms with Crippen LogP contribution in [0, 0.1) is 11.8 Å². The van der Waals surface area contributed by atoms with Gasteiger partial charge in [0.1, 0.15) is 0 Å². The zero-order valence-electron chi connectivity index (χ0n) is 9.21. The molecule has 80 valence electrons. The zero-order chi connectivity index (χ0) is 9.54. The van der Waals surface area contributed by atoms with E-state index in [1.165, 1.54) is 38.8 Å². The molecule has 2 saturated carbocycles. The van der Waals surface area contributed by atoms with E-state index in [0.29, 0.717) is 0 Å². The molecule has 3 rings (SSSR count). The Morgan fingerprint density at radius 2 is 1.86 bits per heavy atom. The Bertz CT molecular complexity index is 208. The summed E-state index contributed by atoms with van der Waals surface area (Å²) in [6.07, 6.45) is 7.31. The van der Waals surface area contributed by atoms with Gasteiger partial charge in [-0.05, 0) is 64.1 Å². The molecule has 2 heteroatoms. The van der Waals surface area contributed by atoms with Gasteiger partial charge in [-0.2, -0.15) is 0 Å². The summed E-state index contributed by atoms with van der Waals surface area (Å²) in [6, 6.07) is 1.78. The van der Waals surface area contributed by atoms with E-state index in [9.17, 15) is 0 Å². The topological polar surface area (TPSA) is 15.3 Å². The van der Waals surface area contributed by atoms with Crippen LogP contribution in [0.3, 0.4) is 0 Å². The summed E-state index contributed by atoms with van der Waals surface area (Å²) in [5.74, 6) is 2.25. The fraction of sp³-hybridized carbons (Fsp3) is 1.00. The van der Waals surface area contributed by atoms with E-state index in [0.717, 1.165) is 23.9 Å². The zero-order valence-corrected chi connectivity index (χ0v) is 9.21. The third-order valence-corrected chi connectivity index (χ3v) is 4.71. The summed E-state index contributed by atoms with van der Waals surface area (Å²) in [7, 11) is 2.10. The minimum Gasteiger partial charge on any atom is -0.317 e. The fourth-order valence-electron chi connectivity index (χ4n) is 3.65. The molecule has 1 saturated heterocycles. The molecule has 1 N–H and O–H groups in total. The van der Waals surface area contributed by atoms with Crippen molar-refractivity contribution in [1.82, 2.24) is 10.2 Å². The van der Waals surface area contributed by atoms with Crippen molar-refractivity contribution in [3.8, 4) is 0 Å². The predicted molar refractivity (Wildman–Crippen MR) is 58.3 cm³/mol. The molecule has 2 aliphatic carbocycles. The Kier molecular flexibility index (Phi) is 2.29. The van der Waals surface area contributed by atoms with Gasteiger partial charge in [0.2, 0.25) is 0 Å². The molecule has 1 heterocycles. The molecule has 2 nitrogen and oxygen atoms in total. The smallest absolute Gasteiger partial charge is 0.0126 e. The van der Waals surface area contributed by atoms with Crippen LogP contribution in [0.4, 0.5) is 0 Å². The van der Waals surface area contributed by atoms with Gasteiger partial charge in [-0.1, -0.05) is 0 Å². The summed E-state index contributed by atoms with van der Waals surface area (Å²) in [4.78, 5) is 2.78. The molecule has 1 aliphatic heterocycles. The average molecular weight is 194 g/mol. The number of fused-ring (bicyclic) bond motifs is 1. The molecule has 3 atom stereocenters. The minimum atomic E-state index is 0.794. The van der Waals surface area contributed by atoms with E-state index >= 15 is 0 Å². The van der Waals surface area contributed by atoms with Crippen molar-refractivity contribution in [2.24, 2.45) is 11.8 Å². The van der Waals surface area contributed by atoms with Crippen LogP contribution in [0.5, 0.6) is 0 Å². The summed E-state index contributed by atoms with van der Waals surface area (Å²) in [6.45, 7) is 2.69. The second-order valence-corrected chi connectivity index (χ2v) is 5.40. The highest BCUT2D eigenvalue weighted by molar-refractivity contribution is 5.02. The first-order valence-electron chi connectivity index (χ1n) is 6.30. The molecule has 0 amide bonds. The Labute approximate surface area is 87.0 Å². The van der Waals surface area contributed by atoms with Crippen molar-refractivity contribution in [1.29, 1.82) is 0 Å². The maximum atomic E-state index is 3.41. The highest BCUT2D eigenvalue weighted by Crippen LogP contribution is 2.53. The van der Waals surface area contributed by atoms with Crippen LogP contribution in [-0.2, 0) is 0 Å². The highest BCUT2D eigenvalue weighted by atomic mass is 15.2. The lowest BCUT2D eigenvalue weighted by atomic mass is 10.0. The third kappa shape index (κ3) is 1.49. The molecule has 3 unspecified atom stereocenters. The molecule has 3 aliphatic rings. The molecule has 0 spiro atoms. The van der Waals surface area contributed by atoms with Crippen molar-refractivity contribution in [2.45, 2.75) is 44.2 Å². The van der Waals surface area contributed by atoms with Crippen LogP contribution in [0.15, 0.2) is 0 Å². The molecular weight excluding hydrogens is 172 g/mol. The second kappa shape index (κ2) is 3.49. The lowest BCUT2D eigenvalue weighted by Gasteiger charge is -2.36. The van der Waals surface area contributed by atoms with Crippen molar-refractivity contribution >= 4 is 0 Å². The summed E-state index contributed by atoms with van der Waals surface area (Å²) in [5, 5.41) is 3.41. The number of nitrogens with zero attached hydrogens (tertiary/aromatic N) is 1. The Hall–Kier alpha value is -0.0800. The number of piperidine rings is 1. The SMILES string of the molecule is CNC1CCN(C2CCC3CC32)CC1. The normalized spacial score (nSPS) is 43.9. The van der Waals surface area contributed by atoms with Gasteiger partial charge in [0.15, 0.2) is 0 Å². The molecular formula is C12H22N2. The van der Waals surface area contributed by atoms with E-state index in [-0.39, 0.29) is 0 Å². The van der Waals surface area contributed by atoms with Gasteiger partial charge in [0.05, 0.1) is 0 Å². The largest absolute Gasteiger partial charge is 0.317 e. The van der Waals surface area contributed by atoms with Crippen LogP contribution in [0.2, 0.25) is 0 Å². The molecule has 0 radical (unpaired) electrons. The quantitative estimate of drug-likeness (QED) is 0.716. The molecule has 3 fully saturated rings. The number of nitrogens with one attached hydrogen (secondary N) is 1. The fourth-order valence-corrected chi connectivity index (χ4v) is 3.65. The molecule has 14 heavy (non-hydrogen) atoms. The first-order chi connectivity index (χ1) is 6.88. The third-order valence-electron chi connectivity index (χ3n) is 4.71. The second-order valence-electron chi connectivity index (χ2n) is 5.40. The Balaban J connectivity index is 1.54. The van der Waals surface area contributed by atoms with E-state index in [1.807, 2.05) is 0 Å². The molecule has 0 aromatic heterocycles. The van der Waals surface area contributed by atoms with E-state index < -0.39 is 0 Å². The monoisotopic (exact) mass is 194 g/mol. The van der Waals surface area contributed by atoms with Gasteiger partial charge in [-0.25, -0.2) is 0 Å². The Morgan fingerprint density at radius 3 is 2.36 bits per heavy atom. The number of rotatable bonds is 2. The summed E-state index contributed by atoms with van der Waals surface area (Å²) < 4.78 is 0. The summed E-state index contributed by atoms with van der Waals surface area (Å²) in [5.41, 5.74) is 0. The van der Waals surface area contributed by atoms with Crippen LogP contribution in [0.25, 0.3) is 0 Å². The van der Waals surface area contributed by atoms with Gasteiger partial charge in [-0.3, -0.25) is 4.90 Å². The molecule has 0 aromatic carbocycles. The lowest BCUT2D eigenvalue weighted by Crippen LogP contribution is -2.46. The average Bonchev–Trinajstić information content (AvgIpc) is 2.91. The van der Waals surface area contributed by atoms with Crippen LogP contribution in [0.1, 0.15) is 32.1 Å². The van der Waals surface area contributed by atoms with Gasteiger partial charge in [0.25, 0.3) is 0 Å². The molecule has 0 aromatic rings. The van der Waals surface area contributed by atoms with Crippen LogP contribution < -0.4 is 5.32 Å². The maximum absolute atomic E-state index is 3.41. The molecule has 0 bridgehead atoms. The number of likely N-dealkylation sites (tertiary alicyclic amines) is 1. The standard InChI is InChI=1S/C12H22N2/c1-13-10-4-6-14(7-5-10)12-3-2-9-8-11(9)12/h9-13H,2-8H2,1H3. The van der Waals surface area contributed by atoms with E-state index in [4.69, 9.17) is 0 Å². The number of hydrogen-bond donors (Lipinski definition) is 1. The van der Waals surface area contributed by atoms with Crippen molar-refractivity contribution in [2.75, 3.05) is 20.1 Å². The van der Waals surface area contributed by atoms with Crippen molar-refractivity contribution in [3.05, 3.63) is 0 Å². The van der Waals surface area contributed by atoms with E-state index in [1.54, 1.807) is 6.42 Å². The Morgan fingerprint density at radius 1 is 1.07 bits per heavy atom. The van der Waals surface area contributed by atoms with Gasteiger partial charge >= 0.3 is 0 Å². The highest BCUT2D eigenvalue weighted by Gasteiger charge is 2.50. The van der Waals surface area contributed by atoms with Crippen molar-refractivity contribution < 1.29 is 0 Å². The minimum absolute atomic E-state index is 0.794. The van der Waals surface area contributed by atoms with E-state index in [2.05, 4.69) is 17.3 Å².